The standard InChI is InChI=1S/C11H9ClN2O/c1-13-10-6-7-14(11(10)15)9-4-2-8(12)3-5-9/h2-5,10H,6-7H2. The quantitative estimate of drug-likeness (QED) is 0.667. The summed E-state index contributed by atoms with van der Waals surface area (Å²) in [5.41, 5.74) is 0.815. The normalized spacial score (nSPS) is 20.4. The van der Waals surface area contributed by atoms with Gasteiger partial charge < -0.3 is 9.74 Å². The fraction of sp³-hybridized carbons (Fsp3) is 0.273. The first-order valence-corrected chi connectivity index (χ1v) is 5.03. The van der Waals surface area contributed by atoms with Gasteiger partial charge in [-0.2, -0.15) is 0 Å². The predicted molar refractivity (Wildman–Crippen MR) is 58.8 cm³/mol. The maximum atomic E-state index is 11.7. The molecule has 1 aliphatic rings. The van der Waals surface area contributed by atoms with Crippen molar-refractivity contribution < 1.29 is 4.79 Å². The fourth-order valence-electron chi connectivity index (χ4n) is 1.66. The summed E-state index contributed by atoms with van der Waals surface area (Å²) in [7, 11) is 0. The molecule has 15 heavy (non-hydrogen) atoms. The van der Waals surface area contributed by atoms with Crippen molar-refractivity contribution in [2.45, 2.75) is 12.5 Å². The van der Waals surface area contributed by atoms with Crippen molar-refractivity contribution in [3.8, 4) is 0 Å². The second-order valence-electron chi connectivity index (χ2n) is 3.40. The van der Waals surface area contributed by atoms with Gasteiger partial charge in [-0.05, 0) is 24.3 Å². The highest BCUT2D eigenvalue weighted by atomic mass is 35.5. The molecule has 76 valence electrons. The molecule has 2 rings (SSSR count). The van der Waals surface area contributed by atoms with Crippen LogP contribution in [0.25, 0.3) is 4.85 Å². The largest absolute Gasteiger partial charge is 0.310 e. The highest BCUT2D eigenvalue weighted by Gasteiger charge is 2.37. The third-order valence-electron chi connectivity index (χ3n) is 2.47. The van der Waals surface area contributed by atoms with Crippen LogP contribution in [0.1, 0.15) is 6.42 Å². The molecule has 1 atom stereocenters. The molecule has 0 radical (unpaired) electrons. The third kappa shape index (κ3) is 1.81. The van der Waals surface area contributed by atoms with Gasteiger partial charge in [0.15, 0.2) is 0 Å². The Balaban J connectivity index is 2.23. The zero-order chi connectivity index (χ0) is 10.8. The van der Waals surface area contributed by atoms with Gasteiger partial charge >= 0.3 is 11.9 Å². The Morgan fingerprint density at radius 3 is 2.60 bits per heavy atom. The van der Waals surface area contributed by atoms with Gasteiger partial charge in [0.2, 0.25) is 0 Å². The van der Waals surface area contributed by atoms with Crippen molar-refractivity contribution in [1.82, 2.24) is 0 Å². The Kier molecular flexibility index (Phi) is 2.61. The van der Waals surface area contributed by atoms with Crippen LogP contribution >= 0.6 is 11.6 Å². The van der Waals surface area contributed by atoms with Crippen LogP contribution in [-0.4, -0.2) is 18.5 Å². The number of anilines is 1. The molecule has 1 heterocycles. The van der Waals surface area contributed by atoms with Gasteiger partial charge in [-0.1, -0.05) is 11.6 Å². The first kappa shape index (κ1) is 10.0. The second kappa shape index (κ2) is 3.92. The van der Waals surface area contributed by atoms with E-state index in [4.69, 9.17) is 18.2 Å². The number of hydrogen-bond donors (Lipinski definition) is 0. The number of amides is 1. The topological polar surface area (TPSA) is 24.7 Å². The molecule has 1 aliphatic heterocycles. The van der Waals surface area contributed by atoms with E-state index in [1.54, 1.807) is 29.2 Å². The maximum Gasteiger partial charge on any atom is 0.310 e. The van der Waals surface area contributed by atoms with E-state index in [9.17, 15) is 4.79 Å². The summed E-state index contributed by atoms with van der Waals surface area (Å²) < 4.78 is 0. The average molecular weight is 221 g/mol. The van der Waals surface area contributed by atoms with Gasteiger partial charge in [0, 0.05) is 17.3 Å². The first-order valence-electron chi connectivity index (χ1n) is 4.66. The third-order valence-corrected chi connectivity index (χ3v) is 2.72. The lowest BCUT2D eigenvalue weighted by atomic mass is 10.3. The van der Waals surface area contributed by atoms with Crippen molar-refractivity contribution in [2.24, 2.45) is 0 Å². The lowest BCUT2D eigenvalue weighted by Crippen LogP contribution is -2.27. The van der Waals surface area contributed by atoms with Crippen LogP contribution < -0.4 is 4.90 Å². The van der Waals surface area contributed by atoms with Gasteiger partial charge in [0.1, 0.15) is 0 Å². The molecular weight excluding hydrogens is 212 g/mol. The number of carbonyl (C=O) groups excluding carboxylic acids is 1. The van der Waals surface area contributed by atoms with Gasteiger partial charge in [-0.15, -0.1) is 0 Å². The molecule has 1 amide bonds. The van der Waals surface area contributed by atoms with Crippen LogP contribution in [0.5, 0.6) is 0 Å². The van der Waals surface area contributed by atoms with Crippen molar-refractivity contribution in [1.29, 1.82) is 0 Å². The number of carbonyl (C=O) groups is 1. The zero-order valence-electron chi connectivity index (χ0n) is 7.98. The average Bonchev–Trinajstić information content (AvgIpc) is 2.61. The van der Waals surface area contributed by atoms with Gasteiger partial charge in [-0.3, -0.25) is 4.79 Å². The Hall–Kier alpha value is -1.53. The van der Waals surface area contributed by atoms with Crippen molar-refractivity contribution in [3.63, 3.8) is 0 Å². The van der Waals surface area contributed by atoms with Gasteiger partial charge in [0.25, 0.3) is 0 Å². The molecule has 4 heteroatoms. The van der Waals surface area contributed by atoms with Gasteiger partial charge in [-0.25, -0.2) is 6.57 Å². The van der Waals surface area contributed by atoms with E-state index in [-0.39, 0.29) is 5.91 Å². The summed E-state index contributed by atoms with van der Waals surface area (Å²) in [6.45, 7) is 7.49. The van der Waals surface area contributed by atoms with Crippen LogP contribution in [0.3, 0.4) is 0 Å². The van der Waals surface area contributed by atoms with Crippen LogP contribution in [-0.2, 0) is 4.79 Å². The molecule has 1 unspecified atom stereocenters. The first-order chi connectivity index (χ1) is 7.22. The van der Waals surface area contributed by atoms with E-state index in [1.165, 1.54) is 0 Å². The molecule has 1 saturated heterocycles. The van der Waals surface area contributed by atoms with Crippen LogP contribution in [0.2, 0.25) is 5.02 Å². The molecule has 0 aliphatic carbocycles. The van der Waals surface area contributed by atoms with Crippen LogP contribution in [0.15, 0.2) is 24.3 Å². The Morgan fingerprint density at radius 2 is 2.07 bits per heavy atom. The summed E-state index contributed by atoms with van der Waals surface area (Å²) in [5, 5.41) is 0.645. The fourth-order valence-corrected chi connectivity index (χ4v) is 1.79. The molecule has 1 aromatic rings. The Bertz CT molecular complexity index is 421. The zero-order valence-corrected chi connectivity index (χ0v) is 8.74. The molecule has 3 nitrogen and oxygen atoms in total. The molecule has 0 spiro atoms. The number of rotatable bonds is 1. The summed E-state index contributed by atoms with van der Waals surface area (Å²) in [6, 6.07) is 6.59. The monoisotopic (exact) mass is 220 g/mol. The summed E-state index contributed by atoms with van der Waals surface area (Å²) in [5.74, 6) is -0.104. The lowest BCUT2D eigenvalue weighted by Gasteiger charge is -2.14. The Morgan fingerprint density at radius 1 is 1.40 bits per heavy atom. The van der Waals surface area contributed by atoms with Crippen LogP contribution in [0, 0.1) is 6.57 Å². The van der Waals surface area contributed by atoms with E-state index in [0.29, 0.717) is 18.0 Å². The number of halogens is 1. The highest BCUT2D eigenvalue weighted by molar-refractivity contribution is 6.30. The van der Waals surface area contributed by atoms with Crippen LogP contribution in [0.4, 0.5) is 5.69 Å². The van der Waals surface area contributed by atoms with E-state index >= 15 is 0 Å². The summed E-state index contributed by atoms with van der Waals surface area (Å²) in [6.07, 6.45) is 0.616. The number of nitrogens with zero attached hydrogens (tertiary/aromatic N) is 2. The molecule has 1 fully saturated rings. The Labute approximate surface area is 93.1 Å². The molecule has 0 aromatic heterocycles. The summed E-state index contributed by atoms with van der Waals surface area (Å²) in [4.78, 5) is 16.6. The minimum Gasteiger partial charge on any atom is -0.305 e. The number of hydrogen-bond acceptors (Lipinski definition) is 1. The molecular formula is C11H9ClN2O. The minimum atomic E-state index is -0.499. The number of benzene rings is 1. The smallest absolute Gasteiger partial charge is 0.305 e. The molecule has 0 N–H and O–H groups in total. The van der Waals surface area contributed by atoms with E-state index < -0.39 is 6.04 Å². The van der Waals surface area contributed by atoms with E-state index in [1.807, 2.05) is 0 Å². The minimum absolute atomic E-state index is 0.104. The van der Waals surface area contributed by atoms with Crippen molar-refractivity contribution in [2.75, 3.05) is 11.4 Å². The highest BCUT2D eigenvalue weighted by Crippen LogP contribution is 2.24. The van der Waals surface area contributed by atoms with Crippen molar-refractivity contribution in [3.05, 3.63) is 40.7 Å². The van der Waals surface area contributed by atoms with Gasteiger partial charge in [0.05, 0.1) is 6.42 Å². The summed E-state index contributed by atoms with van der Waals surface area (Å²) >= 11 is 5.76. The predicted octanol–water partition coefficient (Wildman–Crippen LogP) is 2.36. The molecule has 0 saturated carbocycles. The SMILES string of the molecule is [C-]#[N+]C1CCN(c2ccc(Cl)cc2)C1=O. The van der Waals surface area contributed by atoms with E-state index in [2.05, 4.69) is 4.85 Å². The molecule has 1 aromatic carbocycles. The van der Waals surface area contributed by atoms with E-state index in [0.717, 1.165) is 5.69 Å². The maximum absolute atomic E-state index is 11.7. The van der Waals surface area contributed by atoms with Crippen molar-refractivity contribution >= 4 is 23.2 Å². The second-order valence-corrected chi connectivity index (χ2v) is 3.84. The molecule has 0 bridgehead atoms. The lowest BCUT2D eigenvalue weighted by molar-refractivity contribution is -0.117.